The van der Waals surface area contributed by atoms with E-state index < -0.39 is 17.6 Å². The standard InChI is InChI=1S/C22H20FN5O4S/c1-31-14-7-8-18(32-2)17(11-14)25-21(30)20(29)24-10-9-13-12-33-22-26-19(27-28(13)22)15-5-3-4-6-16(15)23/h3-8,11-12H,9-10H2,1-2H3,(H,24,29)(H,25,30). The molecule has 0 bridgehead atoms. The lowest BCUT2D eigenvalue weighted by Crippen LogP contribution is -2.36. The Kier molecular flexibility index (Phi) is 6.50. The molecule has 2 aromatic carbocycles. The highest BCUT2D eigenvalue weighted by Crippen LogP contribution is 2.28. The summed E-state index contributed by atoms with van der Waals surface area (Å²) < 4.78 is 26.0. The van der Waals surface area contributed by atoms with Gasteiger partial charge in [-0.05, 0) is 24.3 Å². The number of halogens is 1. The van der Waals surface area contributed by atoms with Crippen molar-refractivity contribution in [1.82, 2.24) is 19.9 Å². The number of anilines is 1. The number of hydrogen-bond acceptors (Lipinski definition) is 7. The predicted octanol–water partition coefficient (Wildman–Crippen LogP) is 2.91. The molecule has 9 nitrogen and oxygen atoms in total. The number of carbonyl (C=O) groups is 2. The van der Waals surface area contributed by atoms with Gasteiger partial charge in [0.05, 0.1) is 31.2 Å². The smallest absolute Gasteiger partial charge is 0.313 e. The Labute approximate surface area is 192 Å². The van der Waals surface area contributed by atoms with Crippen LogP contribution in [0, 0.1) is 5.82 Å². The molecule has 2 aromatic heterocycles. The van der Waals surface area contributed by atoms with Crippen molar-refractivity contribution in [3.05, 3.63) is 59.4 Å². The lowest BCUT2D eigenvalue weighted by atomic mass is 10.2. The number of thiazole rings is 1. The average molecular weight is 469 g/mol. The molecule has 2 heterocycles. The molecule has 0 radical (unpaired) electrons. The fourth-order valence-electron chi connectivity index (χ4n) is 3.13. The summed E-state index contributed by atoms with van der Waals surface area (Å²) in [6.07, 6.45) is 0.404. The largest absolute Gasteiger partial charge is 0.497 e. The van der Waals surface area contributed by atoms with Gasteiger partial charge in [-0.3, -0.25) is 9.59 Å². The first kappa shape index (κ1) is 22.2. The molecule has 0 aliphatic carbocycles. The van der Waals surface area contributed by atoms with Crippen molar-refractivity contribution in [3.63, 3.8) is 0 Å². The number of fused-ring (bicyclic) bond motifs is 1. The first-order valence-corrected chi connectivity index (χ1v) is 10.8. The van der Waals surface area contributed by atoms with Crippen LogP contribution >= 0.6 is 11.3 Å². The predicted molar refractivity (Wildman–Crippen MR) is 121 cm³/mol. The van der Waals surface area contributed by atoms with Crippen molar-refractivity contribution in [3.8, 4) is 22.9 Å². The van der Waals surface area contributed by atoms with Gasteiger partial charge in [-0.1, -0.05) is 12.1 Å². The van der Waals surface area contributed by atoms with Gasteiger partial charge in [0.15, 0.2) is 5.82 Å². The van der Waals surface area contributed by atoms with Crippen molar-refractivity contribution in [2.75, 3.05) is 26.1 Å². The Hall–Kier alpha value is -3.99. The van der Waals surface area contributed by atoms with E-state index in [0.717, 1.165) is 5.69 Å². The molecule has 4 aromatic rings. The minimum absolute atomic E-state index is 0.197. The van der Waals surface area contributed by atoms with Crippen LogP contribution in [-0.4, -0.2) is 47.2 Å². The number of nitrogens with zero attached hydrogens (tertiary/aromatic N) is 3. The zero-order chi connectivity index (χ0) is 23.4. The van der Waals surface area contributed by atoms with Crippen LogP contribution in [0.1, 0.15) is 5.69 Å². The van der Waals surface area contributed by atoms with Crippen molar-refractivity contribution >= 4 is 33.8 Å². The third-order valence-electron chi connectivity index (χ3n) is 4.79. The van der Waals surface area contributed by atoms with Gasteiger partial charge in [0.2, 0.25) is 4.96 Å². The highest BCUT2D eigenvalue weighted by molar-refractivity contribution is 7.15. The zero-order valence-corrected chi connectivity index (χ0v) is 18.6. The Balaban J connectivity index is 1.38. The number of ether oxygens (including phenoxy) is 2. The van der Waals surface area contributed by atoms with Gasteiger partial charge < -0.3 is 20.1 Å². The van der Waals surface area contributed by atoms with E-state index in [9.17, 15) is 14.0 Å². The first-order chi connectivity index (χ1) is 16.0. The molecule has 2 amide bonds. The normalized spacial score (nSPS) is 10.8. The number of methoxy groups -OCH3 is 2. The van der Waals surface area contributed by atoms with Gasteiger partial charge in [-0.25, -0.2) is 8.91 Å². The van der Waals surface area contributed by atoms with Gasteiger partial charge in [0.25, 0.3) is 0 Å². The summed E-state index contributed by atoms with van der Waals surface area (Å²) in [4.78, 5) is 29.5. The lowest BCUT2D eigenvalue weighted by molar-refractivity contribution is -0.136. The summed E-state index contributed by atoms with van der Waals surface area (Å²) in [6.45, 7) is 0.197. The van der Waals surface area contributed by atoms with Gasteiger partial charge >= 0.3 is 11.8 Å². The molecule has 0 aliphatic rings. The number of nitrogens with one attached hydrogen (secondary N) is 2. The van der Waals surface area contributed by atoms with Crippen LogP contribution in [-0.2, 0) is 16.0 Å². The van der Waals surface area contributed by atoms with E-state index in [2.05, 4.69) is 20.7 Å². The lowest BCUT2D eigenvalue weighted by Gasteiger charge is -2.11. The summed E-state index contributed by atoms with van der Waals surface area (Å²) in [6, 6.07) is 11.2. The van der Waals surface area contributed by atoms with Gasteiger partial charge in [0.1, 0.15) is 17.3 Å². The molecular weight excluding hydrogens is 449 g/mol. The van der Waals surface area contributed by atoms with Crippen LogP contribution in [0.3, 0.4) is 0 Å². The van der Waals surface area contributed by atoms with E-state index in [1.165, 1.54) is 31.6 Å². The van der Waals surface area contributed by atoms with Crippen molar-refractivity contribution < 1.29 is 23.5 Å². The Morgan fingerprint density at radius 2 is 1.94 bits per heavy atom. The maximum atomic E-state index is 14.0. The second-order valence-electron chi connectivity index (χ2n) is 6.86. The fourth-order valence-corrected chi connectivity index (χ4v) is 3.98. The Morgan fingerprint density at radius 3 is 2.70 bits per heavy atom. The van der Waals surface area contributed by atoms with Crippen LogP contribution in [0.15, 0.2) is 47.8 Å². The summed E-state index contributed by atoms with van der Waals surface area (Å²) in [5.74, 6) is -0.832. The van der Waals surface area contributed by atoms with E-state index in [-0.39, 0.29) is 12.4 Å². The first-order valence-electron chi connectivity index (χ1n) is 9.89. The van der Waals surface area contributed by atoms with Gasteiger partial charge in [-0.2, -0.15) is 4.98 Å². The SMILES string of the molecule is COc1ccc(OC)c(NC(=O)C(=O)NCCc2csc3nc(-c4ccccc4F)nn23)c1. The minimum atomic E-state index is -0.834. The molecule has 0 atom stereocenters. The van der Waals surface area contributed by atoms with E-state index in [1.54, 1.807) is 40.9 Å². The number of amides is 2. The molecule has 0 fully saturated rings. The zero-order valence-electron chi connectivity index (χ0n) is 17.8. The van der Waals surface area contributed by atoms with E-state index in [4.69, 9.17) is 9.47 Å². The van der Waals surface area contributed by atoms with Crippen LogP contribution in [0.4, 0.5) is 10.1 Å². The van der Waals surface area contributed by atoms with E-state index >= 15 is 0 Å². The molecule has 11 heteroatoms. The Morgan fingerprint density at radius 1 is 1.12 bits per heavy atom. The van der Waals surface area contributed by atoms with Crippen LogP contribution in [0.2, 0.25) is 0 Å². The van der Waals surface area contributed by atoms with E-state index in [0.29, 0.717) is 34.1 Å². The van der Waals surface area contributed by atoms with Crippen LogP contribution in [0.5, 0.6) is 11.5 Å². The molecule has 2 N–H and O–H groups in total. The monoisotopic (exact) mass is 469 g/mol. The molecule has 0 unspecified atom stereocenters. The molecule has 170 valence electrons. The summed E-state index contributed by atoms with van der Waals surface area (Å²) in [5, 5.41) is 11.3. The number of benzene rings is 2. The number of hydrogen-bond donors (Lipinski definition) is 2. The van der Waals surface area contributed by atoms with Crippen LogP contribution in [0.25, 0.3) is 16.3 Å². The molecule has 4 rings (SSSR count). The maximum absolute atomic E-state index is 14.0. The van der Waals surface area contributed by atoms with Crippen LogP contribution < -0.4 is 20.1 Å². The van der Waals surface area contributed by atoms with Crippen molar-refractivity contribution in [2.24, 2.45) is 0 Å². The fraction of sp³-hybridized carbons (Fsp3) is 0.182. The summed E-state index contributed by atoms with van der Waals surface area (Å²) in [7, 11) is 2.96. The molecule has 0 saturated carbocycles. The topological polar surface area (TPSA) is 107 Å². The van der Waals surface area contributed by atoms with E-state index in [1.807, 2.05) is 5.38 Å². The molecule has 0 aliphatic heterocycles. The highest BCUT2D eigenvalue weighted by Gasteiger charge is 2.18. The average Bonchev–Trinajstić information content (AvgIpc) is 3.40. The maximum Gasteiger partial charge on any atom is 0.313 e. The minimum Gasteiger partial charge on any atom is -0.497 e. The second-order valence-corrected chi connectivity index (χ2v) is 7.70. The van der Waals surface area contributed by atoms with Gasteiger partial charge in [-0.15, -0.1) is 16.4 Å². The number of rotatable bonds is 7. The van der Waals surface area contributed by atoms with Crippen molar-refractivity contribution in [2.45, 2.75) is 6.42 Å². The second kappa shape index (κ2) is 9.65. The summed E-state index contributed by atoms with van der Waals surface area (Å²) in [5.41, 5.74) is 1.41. The third kappa shape index (κ3) is 4.77. The quantitative estimate of drug-likeness (QED) is 0.403. The van der Waals surface area contributed by atoms with Crippen molar-refractivity contribution in [1.29, 1.82) is 0 Å². The Bertz CT molecular complexity index is 1320. The number of aromatic nitrogens is 3. The number of carbonyl (C=O) groups excluding carboxylic acids is 2. The molecular formula is C22H20FN5O4S. The van der Waals surface area contributed by atoms with Gasteiger partial charge in [0, 0.05) is 24.4 Å². The molecule has 0 saturated heterocycles. The molecule has 0 spiro atoms. The summed E-state index contributed by atoms with van der Waals surface area (Å²) >= 11 is 1.36. The highest BCUT2D eigenvalue weighted by atomic mass is 32.1. The third-order valence-corrected chi connectivity index (χ3v) is 5.66. The molecule has 33 heavy (non-hydrogen) atoms.